The zero-order valence-corrected chi connectivity index (χ0v) is 18.8. The van der Waals surface area contributed by atoms with Crippen molar-refractivity contribution in [3.8, 4) is 0 Å². The molecule has 0 spiro atoms. The average Bonchev–Trinajstić information content (AvgIpc) is 2.68. The first-order chi connectivity index (χ1) is 13.2. The van der Waals surface area contributed by atoms with Crippen LogP contribution in [-0.4, -0.2) is 16.9 Å². The summed E-state index contributed by atoms with van der Waals surface area (Å²) in [5.74, 6) is 2.22. The molecule has 4 nitrogen and oxygen atoms in total. The van der Waals surface area contributed by atoms with Gasteiger partial charge >= 0.3 is 0 Å². The summed E-state index contributed by atoms with van der Waals surface area (Å²) in [4.78, 5) is 18.1. The van der Waals surface area contributed by atoms with Crippen LogP contribution in [-0.2, 0) is 10.5 Å². The lowest BCUT2D eigenvalue weighted by Crippen LogP contribution is -2.48. The van der Waals surface area contributed by atoms with Crippen molar-refractivity contribution in [3.63, 3.8) is 0 Å². The Kier molecular flexibility index (Phi) is 9.28. The third-order valence-corrected chi connectivity index (χ3v) is 7.12. The van der Waals surface area contributed by atoms with Crippen molar-refractivity contribution in [3.05, 3.63) is 54.4 Å². The predicted octanol–water partition coefficient (Wildman–Crippen LogP) is 5.31. The number of hydrogen-bond acceptors (Lipinski definition) is 4. The van der Waals surface area contributed by atoms with Crippen LogP contribution in [0.25, 0.3) is 0 Å². The van der Waals surface area contributed by atoms with Crippen LogP contribution in [0.2, 0.25) is 0 Å². The quantitative estimate of drug-likeness (QED) is 0.601. The molecule has 0 radical (unpaired) electrons. The van der Waals surface area contributed by atoms with Gasteiger partial charge in [-0.3, -0.25) is 9.78 Å². The summed E-state index contributed by atoms with van der Waals surface area (Å²) in [5.41, 5.74) is 8.44. The number of nitrogens with two attached hydrogens (primary N) is 1. The van der Waals surface area contributed by atoms with E-state index in [0.29, 0.717) is 17.9 Å². The fraction of sp³-hybridized carbons (Fsp3) is 0.455. The molecule has 2 atom stereocenters. The fourth-order valence-corrected chi connectivity index (χ4v) is 5.36. The summed E-state index contributed by atoms with van der Waals surface area (Å²) in [6, 6.07) is 12.5. The number of carbonyl (C=O) groups is 1. The van der Waals surface area contributed by atoms with Crippen molar-refractivity contribution in [1.29, 1.82) is 0 Å². The molecule has 1 heterocycles. The molecule has 2 aliphatic carbocycles. The molecule has 3 N–H and O–H groups in total. The van der Waals surface area contributed by atoms with E-state index < -0.39 is 0 Å². The van der Waals surface area contributed by atoms with Crippen molar-refractivity contribution in [2.24, 2.45) is 23.5 Å². The second-order valence-electron chi connectivity index (χ2n) is 7.86. The molecular formula is C22H29Cl2N3OS. The van der Waals surface area contributed by atoms with Crippen LogP contribution in [0, 0.1) is 17.8 Å². The molecule has 2 fully saturated rings. The van der Waals surface area contributed by atoms with Gasteiger partial charge in [0.15, 0.2) is 0 Å². The van der Waals surface area contributed by atoms with E-state index in [0.717, 1.165) is 24.3 Å². The Morgan fingerprint density at radius 2 is 1.79 bits per heavy atom. The predicted molar refractivity (Wildman–Crippen MR) is 125 cm³/mol. The normalized spacial score (nSPS) is 25.3. The zero-order chi connectivity index (χ0) is 18.6. The van der Waals surface area contributed by atoms with Crippen molar-refractivity contribution < 1.29 is 4.79 Å². The fourth-order valence-electron chi connectivity index (χ4n) is 4.53. The molecule has 2 aliphatic rings. The molecule has 158 valence electrons. The summed E-state index contributed by atoms with van der Waals surface area (Å²) in [6.45, 7) is 0. The minimum absolute atomic E-state index is 0. The highest BCUT2D eigenvalue weighted by Crippen LogP contribution is 2.42. The van der Waals surface area contributed by atoms with Crippen LogP contribution in [0.5, 0.6) is 0 Å². The van der Waals surface area contributed by atoms with Crippen molar-refractivity contribution in [2.45, 2.75) is 48.8 Å². The van der Waals surface area contributed by atoms with Crippen molar-refractivity contribution >= 4 is 48.2 Å². The molecule has 29 heavy (non-hydrogen) atoms. The molecule has 2 bridgehead atoms. The van der Waals surface area contributed by atoms with E-state index in [9.17, 15) is 4.79 Å². The Hall–Kier alpha value is -1.27. The minimum atomic E-state index is 0. The zero-order valence-electron chi connectivity index (χ0n) is 16.3. The number of hydrogen-bond donors (Lipinski definition) is 2. The average molecular weight is 454 g/mol. The summed E-state index contributed by atoms with van der Waals surface area (Å²) in [5, 5.41) is 3.12. The van der Waals surface area contributed by atoms with Gasteiger partial charge in [-0.2, -0.15) is 0 Å². The Balaban J connectivity index is 0.00000150. The van der Waals surface area contributed by atoms with Gasteiger partial charge in [-0.05, 0) is 73.4 Å². The highest BCUT2D eigenvalue weighted by molar-refractivity contribution is 7.98. The lowest BCUT2D eigenvalue weighted by Gasteiger charge is -2.43. The largest absolute Gasteiger partial charge is 0.327 e. The lowest BCUT2D eigenvalue weighted by atomic mass is 9.65. The highest BCUT2D eigenvalue weighted by atomic mass is 35.5. The minimum Gasteiger partial charge on any atom is -0.327 e. The number of amides is 1. The summed E-state index contributed by atoms with van der Waals surface area (Å²) < 4.78 is 0. The van der Waals surface area contributed by atoms with Crippen LogP contribution in [0.1, 0.15) is 37.7 Å². The number of pyridine rings is 1. The third-order valence-electron chi connectivity index (χ3n) is 6.03. The van der Waals surface area contributed by atoms with E-state index in [1.807, 2.05) is 24.4 Å². The third kappa shape index (κ3) is 6.11. The number of rotatable bonds is 5. The van der Waals surface area contributed by atoms with E-state index in [1.165, 1.54) is 29.7 Å². The smallest absolute Gasteiger partial charge is 0.227 e. The highest BCUT2D eigenvalue weighted by Gasteiger charge is 2.40. The molecule has 2 aromatic rings. The molecule has 1 amide bonds. The van der Waals surface area contributed by atoms with Gasteiger partial charge in [-0.15, -0.1) is 36.6 Å². The standard InChI is InChI=1S/C22H27N3OS.2ClH/c23-21-16-4-1-5-17(21)12-18(11-16)22(26)25-19-6-8-20(9-7-19)27-14-15-3-2-10-24-13-15;;/h2-3,6-10,13,16-18,21H,1,4-5,11-12,14,23H2,(H,25,26);2*1H. The van der Waals surface area contributed by atoms with Crippen LogP contribution < -0.4 is 11.1 Å². The summed E-state index contributed by atoms with van der Waals surface area (Å²) in [6.07, 6.45) is 9.22. The maximum absolute atomic E-state index is 12.7. The Morgan fingerprint density at radius 3 is 2.41 bits per heavy atom. The molecular weight excluding hydrogens is 425 g/mol. The van der Waals surface area contributed by atoms with Crippen molar-refractivity contribution in [2.75, 3.05) is 5.32 Å². The van der Waals surface area contributed by atoms with Crippen LogP contribution in [0.3, 0.4) is 0 Å². The number of nitrogens with zero attached hydrogens (tertiary/aromatic N) is 1. The molecule has 4 rings (SSSR count). The van der Waals surface area contributed by atoms with Gasteiger partial charge in [0.25, 0.3) is 0 Å². The monoisotopic (exact) mass is 453 g/mol. The number of aromatic nitrogens is 1. The van der Waals surface area contributed by atoms with E-state index >= 15 is 0 Å². The topological polar surface area (TPSA) is 68.0 Å². The van der Waals surface area contributed by atoms with E-state index in [4.69, 9.17) is 5.73 Å². The van der Waals surface area contributed by atoms with Gasteiger partial charge < -0.3 is 11.1 Å². The van der Waals surface area contributed by atoms with E-state index in [2.05, 4.69) is 28.5 Å². The van der Waals surface area contributed by atoms with Crippen molar-refractivity contribution in [1.82, 2.24) is 4.98 Å². The molecule has 2 unspecified atom stereocenters. The van der Waals surface area contributed by atoms with Gasteiger partial charge in [0.1, 0.15) is 0 Å². The van der Waals surface area contributed by atoms with E-state index in [-0.39, 0.29) is 36.6 Å². The maximum Gasteiger partial charge on any atom is 0.227 e. The summed E-state index contributed by atoms with van der Waals surface area (Å²) >= 11 is 1.77. The second-order valence-corrected chi connectivity index (χ2v) is 8.91. The van der Waals surface area contributed by atoms with Crippen LogP contribution >= 0.6 is 36.6 Å². The number of thioether (sulfide) groups is 1. The summed E-state index contributed by atoms with van der Waals surface area (Å²) in [7, 11) is 0. The molecule has 0 saturated heterocycles. The number of carbonyl (C=O) groups excluding carboxylic acids is 1. The van der Waals surface area contributed by atoms with E-state index in [1.54, 1.807) is 18.0 Å². The number of halogens is 2. The van der Waals surface area contributed by atoms with Gasteiger partial charge in [0.2, 0.25) is 5.91 Å². The molecule has 1 aromatic heterocycles. The second kappa shape index (κ2) is 11.2. The maximum atomic E-state index is 12.7. The molecule has 1 aromatic carbocycles. The van der Waals surface area contributed by atoms with Crippen LogP contribution in [0.4, 0.5) is 5.69 Å². The van der Waals surface area contributed by atoms with Gasteiger partial charge in [-0.25, -0.2) is 0 Å². The number of benzene rings is 1. The molecule has 0 aliphatic heterocycles. The number of nitrogens with one attached hydrogen (secondary N) is 1. The number of anilines is 1. The first-order valence-corrected chi connectivity index (χ1v) is 10.9. The van der Waals surface area contributed by atoms with Gasteiger partial charge in [-0.1, -0.05) is 12.5 Å². The number of fused-ring (bicyclic) bond motifs is 2. The Morgan fingerprint density at radius 1 is 1.10 bits per heavy atom. The molecule has 7 heteroatoms. The first kappa shape index (κ1) is 24.0. The Bertz CT molecular complexity index is 761. The SMILES string of the molecule is Cl.Cl.NC1C2CCCC1CC(C(=O)Nc1ccc(SCc3cccnc3)cc1)C2. The lowest BCUT2D eigenvalue weighted by molar-refractivity contribution is -0.122. The van der Waals surface area contributed by atoms with Gasteiger partial charge in [0, 0.05) is 40.7 Å². The Labute approximate surface area is 189 Å². The molecule has 2 saturated carbocycles. The van der Waals surface area contributed by atoms with Gasteiger partial charge in [0.05, 0.1) is 0 Å². The van der Waals surface area contributed by atoms with Crippen LogP contribution in [0.15, 0.2) is 53.7 Å². The first-order valence-electron chi connectivity index (χ1n) is 9.87.